The Labute approximate surface area is 194 Å². The van der Waals surface area contributed by atoms with Crippen LogP contribution in [0.4, 0.5) is 11.5 Å². The molecule has 1 saturated heterocycles. The maximum atomic E-state index is 12.6. The van der Waals surface area contributed by atoms with Crippen LogP contribution in [0, 0.1) is 5.92 Å². The van der Waals surface area contributed by atoms with E-state index in [1.807, 2.05) is 24.3 Å². The Balaban J connectivity index is 1.35. The summed E-state index contributed by atoms with van der Waals surface area (Å²) < 4.78 is 27.4. The summed E-state index contributed by atoms with van der Waals surface area (Å²) in [5.74, 6) is 0.736. The molecule has 1 amide bonds. The summed E-state index contributed by atoms with van der Waals surface area (Å²) in [5, 5.41) is 2.82. The van der Waals surface area contributed by atoms with Gasteiger partial charge in [-0.25, -0.2) is 13.4 Å². The summed E-state index contributed by atoms with van der Waals surface area (Å²) in [6, 6.07) is 18.6. The van der Waals surface area contributed by atoms with Crippen LogP contribution in [0.15, 0.2) is 77.8 Å². The minimum Gasteiger partial charge on any atom is -0.322 e. The van der Waals surface area contributed by atoms with Gasteiger partial charge in [-0.15, -0.1) is 0 Å². The molecule has 0 radical (unpaired) electrons. The van der Waals surface area contributed by atoms with Gasteiger partial charge in [0.05, 0.1) is 4.90 Å². The van der Waals surface area contributed by atoms with Gasteiger partial charge in [0.1, 0.15) is 5.82 Å². The smallest absolute Gasteiger partial charge is 0.263 e. The Morgan fingerprint density at radius 2 is 1.82 bits per heavy atom. The van der Waals surface area contributed by atoms with E-state index in [1.165, 1.54) is 36.7 Å². The molecule has 1 aliphatic heterocycles. The lowest BCUT2D eigenvalue weighted by atomic mass is 9.99. The SMILES string of the molecule is C[C@H]1CCCN(Cc2ccc(C(=O)Nc3ccc(S(=O)(=O)Nc4ccccn4)cc3)cc2)C1. The molecule has 4 rings (SSSR count). The van der Waals surface area contributed by atoms with Crippen molar-refractivity contribution in [1.82, 2.24) is 9.88 Å². The minimum atomic E-state index is -3.76. The number of pyridine rings is 1. The first-order valence-electron chi connectivity index (χ1n) is 11.1. The van der Waals surface area contributed by atoms with Crippen LogP contribution >= 0.6 is 0 Å². The summed E-state index contributed by atoms with van der Waals surface area (Å²) in [5.41, 5.74) is 2.26. The van der Waals surface area contributed by atoms with Crippen LogP contribution in [0.25, 0.3) is 0 Å². The van der Waals surface area contributed by atoms with Gasteiger partial charge in [-0.1, -0.05) is 25.1 Å². The number of anilines is 2. The summed E-state index contributed by atoms with van der Waals surface area (Å²) in [7, 11) is -3.76. The Bertz CT molecular complexity index is 1180. The number of nitrogens with one attached hydrogen (secondary N) is 2. The summed E-state index contributed by atoms with van der Waals surface area (Å²) >= 11 is 0. The third-order valence-corrected chi connectivity index (χ3v) is 7.06. The summed E-state index contributed by atoms with van der Waals surface area (Å²) in [6.45, 7) is 5.42. The largest absolute Gasteiger partial charge is 0.322 e. The molecule has 2 aromatic carbocycles. The molecule has 0 saturated carbocycles. The van der Waals surface area contributed by atoms with E-state index in [1.54, 1.807) is 30.3 Å². The van der Waals surface area contributed by atoms with Gasteiger partial charge in [-0.05, 0) is 79.4 Å². The second kappa shape index (κ2) is 10.1. The van der Waals surface area contributed by atoms with Crippen molar-refractivity contribution in [3.8, 4) is 0 Å². The zero-order valence-corrected chi connectivity index (χ0v) is 19.4. The first kappa shape index (κ1) is 22.9. The molecular weight excluding hydrogens is 436 g/mol. The Hall–Kier alpha value is -3.23. The van der Waals surface area contributed by atoms with Crippen LogP contribution in [0.5, 0.6) is 0 Å². The highest BCUT2D eigenvalue weighted by Crippen LogP contribution is 2.20. The average molecular weight is 465 g/mol. The maximum Gasteiger partial charge on any atom is 0.263 e. The summed E-state index contributed by atoms with van der Waals surface area (Å²) in [4.78, 5) is 19.1. The molecule has 33 heavy (non-hydrogen) atoms. The Morgan fingerprint density at radius 1 is 1.06 bits per heavy atom. The van der Waals surface area contributed by atoms with Crippen molar-refractivity contribution in [2.45, 2.75) is 31.2 Å². The van der Waals surface area contributed by atoms with Gasteiger partial charge in [0, 0.05) is 30.5 Å². The molecule has 2 N–H and O–H groups in total. The average Bonchev–Trinajstić information content (AvgIpc) is 2.80. The molecule has 1 atom stereocenters. The molecule has 3 aromatic rings. The maximum absolute atomic E-state index is 12.6. The highest BCUT2D eigenvalue weighted by Gasteiger charge is 2.17. The molecule has 0 spiro atoms. The number of nitrogens with zero attached hydrogens (tertiary/aromatic N) is 2. The zero-order chi connectivity index (χ0) is 23.3. The second-order valence-electron chi connectivity index (χ2n) is 8.48. The molecule has 8 heteroatoms. The van der Waals surface area contributed by atoms with E-state index in [4.69, 9.17) is 0 Å². The second-order valence-corrected chi connectivity index (χ2v) is 10.2. The number of hydrogen-bond donors (Lipinski definition) is 2. The van der Waals surface area contributed by atoms with E-state index in [9.17, 15) is 13.2 Å². The number of rotatable bonds is 7. The Morgan fingerprint density at radius 3 is 2.48 bits per heavy atom. The lowest BCUT2D eigenvalue weighted by Crippen LogP contribution is -2.33. The van der Waals surface area contributed by atoms with E-state index in [-0.39, 0.29) is 16.6 Å². The van der Waals surface area contributed by atoms with Crippen LogP contribution < -0.4 is 10.0 Å². The lowest BCUT2D eigenvalue weighted by molar-refractivity contribution is 0.102. The molecule has 1 aromatic heterocycles. The van der Waals surface area contributed by atoms with Gasteiger partial charge in [0.2, 0.25) is 0 Å². The van der Waals surface area contributed by atoms with Crippen molar-refractivity contribution in [1.29, 1.82) is 0 Å². The topological polar surface area (TPSA) is 91.4 Å². The normalized spacial score (nSPS) is 16.8. The van der Waals surface area contributed by atoms with Gasteiger partial charge in [-0.3, -0.25) is 14.4 Å². The van der Waals surface area contributed by atoms with Crippen molar-refractivity contribution in [3.63, 3.8) is 0 Å². The van der Waals surface area contributed by atoms with E-state index < -0.39 is 10.0 Å². The quantitative estimate of drug-likeness (QED) is 0.542. The number of amides is 1. The Kier molecular flexibility index (Phi) is 7.05. The zero-order valence-electron chi connectivity index (χ0n) is 18.6. The number of piperidine rings is 1. The number of likely N-dealkylation sites (tertiary alicyclic amines) is 1. The van der Waals surface area contributed by atoms with E-state index in [0.717, 1.165) is 25.6 Å². The fourth-order valence-electron chi connectivity index (χ4n) is 3.99. The predicted octanol–water partition coefficient (Wildman–Crippen LogP) is 4.37. The summed E-state index contributed by atoms with van der Waals surface area (Å²) in [6.07, 6.45) is 4.04. The monoisotopic (exact) mass is 464 g/mol. The van der Waals surface area contributed by atoms with Crippen LogP contribution in [-0.2, 0) is 16.6 Å². The van der Waals surface area contributed by atoms with Gasteiger partial charge < -0.3 is 5.32 Å². The minimum absolute atomic E-state index is 0.0857. The fourth-order valence-corrected chi connectivity index (χ4v) is 5.00. The number of carbonyl (C=O) groups excluding carboxylic acids is 1. The third-order valence-electron chi connectivity index (χ3n) is 5.69. The van der Waals surface area contributed by atoms with Crippen molar-refractivity contribution in [2.24, 2.45) is 5.92 Å². The van der Waals surface area contributed by atoms with E-state index in [0.29, 0.717) is 11.3 Å². The highest BCUT2D eigenvalue weighted by molar-refractivity contribution is 7.92. The molecule has 1 aliphatic rings. The van der Waals surface area contributed by atoms with Crippen molar-refractivity contribution in [3.05, 3.63) is 84.1 Å². The van der Waals surface area contributed by atoms with E-state index in [2.05, 4.69) is 26.8 Å². The van der Waals surface area contributed by atoms with Crippen molar-refractivity contribution in [2.75, 3.05) is 23.1 Å². The lowest BCUT2D eigenvalue weighted by Gasteiger charge is -2.30. The molecule has 1 fully saturated rings. The number of carbonyl (C=O) groups is 1. The first-order valence-corrected chi connectivity index (χ1v) is 12.5. The third kappa shape index (κ3) is 6.18. The van der Waals surface area contributed by atoms with E-state index >= 15 is 0 Å². The molecule has 0 aliphatic carbocycles. The molecule has 7 nitrogen and oxygen atoms in total. The molecular formula is C25H28N4O3S. The van der Waals surface area contributed by atoms with Crippen molar-refractivity contribution < 1.29 is 13.2 Å². The number of sulfonamides is 1. The predicted molar refractivity (Wildman–Crippen MR) is 130 cm³/mol. The first-order chi connectivity index (χ1) is 15.9. The fraction of sp³-hybridized carbons (Fsp3) is 0.280. The van der Waals surface area contributed by atoms with Crippen LogP contribution in [0.3, 0.4) is 0 Å². The van der Waals surface area contributed by atoms with Crippen LogP contribution in [0.2, 0.25) is 0 Å². The molecule has 0 bridgehead atoms. The number of benzene rings is 2. The molecule has 172 valence electrons. The number of aromatic nitrogens is 1. The van der Waals surface area contributed by atoms with Gasteiger partial charge >= 0.3 is 0 Å². The van der Waals surface area contributed by atoms with Crippen molar-refractivity contribution >= 4 is 27.4 Å². The molecule has 2 heterocycles. The number of hydrogen-bond acceptors (Lipinski definition) is 5. The van der Waals surface area contributed by atoms with Gasteiger partial charge in [0.25, 0.3) is 15.9 Å². The van der Waals surface area contributed by atoms with Gasteiger partial charge in [-0.2, -0.15) is 0 Å². The highest BCUT2D eigenvalue weighted by atomic mass is 32.2. The molecule has 0 unspecified atom stereocenters. The van der Waals surface area contributed by atoms with Crippen LogP contribution in [0.1, 0.15) is 35.7 Å². The van der Waals surface area contributed by atoms with Crippen LogP contribution in [-0.4, -0.2) is 37.3 Å². The standard InChI is InChI=1S/C25H28N4O3S/c1-19-5-4-16-29(17-19)18-20-7-9-21(10-8-20)25(30)27-22-11-13-23(14-12-22)33(31,32)28-24-6-2-3-15-26-24/h2-3,6-15,19H,4-5,16-18H2,1H3,(H,26,28)(H,27,30)/t19-/m0/s1. The van der Waals surface area contributed by atoms with Gasteiger partial charge in [0.15, 0.2) is 0 Å².